The van der Waals surface area contributed by atoms with Crippen molar-refractivity contribution in [3.63, 3.8) is 0 Å². The van der Waals surface area contributed by atoms with Crippen LogP contribution in [0.5, 0.6) is 11.5 Å². The third kappa shape index (κ3) is 3.81. The zero-order chi connectivity index (χ0) is 18.7. The summed E-state index contributed by atoms with van der Waals surface area (Å²) in [7, 11) is 3.11. The molecule has 2 aromatic carbocycles. The van der Waals surface area contributed by atoms with E-state index in [4.69, 9.17) is 16.3 Å². The first-order valence-corrected chi connectivity index (χ1v) is 8.29. The van der Waals surface area contributed by atoms with Gasteiger partial charge in [-0.15, -0.1) is 0 Å². The molecule has 1 heterocycles. The van der Waals surface area contributed by atoms with Gasteiger partial charge in [0.05, 0.1) is 12.8 Å². The molecule has 0 spiro atoms. The highest BCUT2D eigenvalue weighted by atomic mass is 35.5. The number of anilines is 1. The van der Waals surface area contributed by atoms with Gasteiger partial charge in [0.25, 0.3) is 5.91 Å². The lowest BCUT2D eigenvalue weighted by atomic mass is 10.1. The zero-order valence-electron chi connectivity index (χ0n) is 14.4. The second-order valence-corrected chi connectivity index (χ2v) is 6.24. The summed E-state index contributed by atoms with van der Waals surface area (Å²) in [6, 6.07) is 13.8. The van der Waals surface area contributed by atoms with E-state index in [1.165, 1.54) is 24.1 Å². The van der Waals surface area contributed by atoms with Crippen molar-refractivity contribution in [1.82, 2.24) is 10.2 Å². The fourth-order valence-electron chi connectivity index (χ4n) is 2.61. The van der Waals surface area contributed by atoms with Gasteiger partial charge in [-0.3, -0.25) is 9.89 Å². The Morgan fingerprint density at radius 2 is 1.96 bits per heavy atom. The molecule has 134 valence electrons. The SMILES string of the molecule is COc1cc(O)ccc1N(C)C(=O)c1cc(Cc2ccc(Cl)cc2)[nH]n1. The highest BCUT2D eigenvalue weighted by molar-refractivity contribution is 6.30. The van der Waals surface area contributed by atoms with E-state index in [2.05, 4.69) is 10.2 Å². The van der Waals surface area contributed by atoms with Gasteiger partial charge in [0.15, 0.2) is 5.69 Å². The number of aromatic hydroxyl groups is 1. The molecule has 0 aliphatic heterocycles. The highest BCUT2D eigenvalue weighted by Gasteiger charge is 2.20. The summed E-state index contributed by atoms with van der Waals surface area (Å²) < 4.78 is 5.23. The summed E-state index contributed by atoms with van der Waals surface area (Å²) in [6.07, 6.45) is 0.615. The summed E-state index contributed by atoms with van der Waals surface area (Å²) >= 11 is 5.89. The van der Waals surface area contributed by atoms with E-state index in [-0.39, 0.29) is 11.7 Å². The van der Waals surface area contributed by atoms with Crippen molar-refractivity contribution >= 4 is 23.2 Å². The van der Waals surface area contributed by atoms with E-state index in [9.17, 15) is 9.90 Å². The lowest BCUT2D eigenvalue weighted by Crippen LogP contribution is -2.27. The van der Waals surface area contributed by atoms with Gasteiger partial charge in [-0.1, -0.05) is 23.7 Å². The van der Waals surface area contributed by atoms with Gasteiger partial charge in [-0.05, 0) is 35.9 Å². The van der Waals surface area contributed by atoms with Gasteiger partial charge in [-0.25, -0.2) is 0 Å². The summed E-state index contributed by atoms with van der Waals surface area (Å²) in [6.45, 7) is 0. The Morgan fingerprint density at radius 3 is 2.65 bits per heavy atom. The van der Waals surface area contributed by atoms with Crippen LogP contribution in [0.15, 0.2) is 48.5 Å². The number of phenols is 1. The topological polar surface area (TPSA) is 78.5 Å². The molecule has 0 atom stereocenters. The van der Waals surface area contributed by atoms with Crippen LogP contribution in [0.3, 0.4) is 0 Å². The first-order valence-electron chi connectivity index (χ1n) is 7.91. The quantitative estimate of drug-likeness (QED) is 0.717. The molecule has 0 aliphatic carbocycles. The number of nitrogens with one attached hydrogen (secondary N) is 1. The number of nitrogens with zero attached hydrogens (tertiary/aromatic N) is 2. The molecule has 1 aromatic heterocycles. The molecule has 0 unspecified atom stereocenters. The number of halogens is 1. The Hall–Kier alpha value is -2.99. The maximum atomic E-state index is 12.7. The van der Waals surface area contributed by atoms with Gasteiger partial charge >= 0.3 is 0 Å². The molecule has 7 heteroatoms. The van der Waals surface area contributed by atoms with E-state index >= 15 is 0 Å². The highest BCUT2D eigenvalue weighted by Crippen LogP contribution is 2.31. The van der Waals surface area contributed by atoms with Crippen LogP contribution in [0.25, 0.3) is 0 Å². The number of carbonyl (C=O) groups excluding carboxylic acids is 1. The van der Waals surface area contributed by atoms with Crippen LogP contribution < -0.4 is 9.64 Å². The monoisotopic (exact) mass is 371 g/mol. The van der Waals surface area contributed by atoms with Crippen LogP contribution in [0, 0.1) is 0 Å². The molecule has 0 bridgehead atoms. The van der Waals surface area contributed by atoms with Crippen molar-refractivity contribution in [2.24, 2.45) is 0 Å². The van der Waals surface area contributed by atoms with Crippen LogP contribution >= 0.6 is 11.6 Å². The molecule has 0 radical (unpaired) electrons. The van der Waals surface area contributed by atoms with Gasteiger partial charge < -0.3 is 14.7 Å². The van der Waals surface area contributed by atoms with E-state index in [0.717, 1.165) is 11.3 Å². The number of aromatic nitrogens is 2. The van der Waals surface area contributed by atoms with Gasteiger partial charge in [-0.2, -0.15) is 5.10 Å². The van der Waals surface area contributed by atoms with Gasteiger partial charge in [0.1, 0.15) is 11.5 Å². The maximum absolute atomic E-state index is 12.7. The second kappa shape index (κ2) is 7.49. The average molecular weight is 372 g/mol. The van der Waals surface area contributed by atoms with Crippen LogP contribution in [0.1, 0.15) is 21.7 Å². The van der Waals surface area contributed by atoms with Crippen molar-refractivity contribution in [2.75, 3.05) is 19.1 Å². The van der Waals surface area contributed by atoms with Gasteiger partial charge in [0, 0.05) is 30.3 Å². The third-order valence-corrected chi connectivity index (χ3v) is 4.24. The molecule has 0 aliphatic rings. The van der Waals surface area contributed by atoms with Crippen molar-refractivity contribution in [3.8, 4) is 11.5 Å². The van der Waals surface area contributed by atoms with Crippen molar-refractivity contribution < 1.29 is 14.6 Å². The largest absolute Gasteiger partial charge is 0.508 e. The van der Waals surface area contributed by atoms with E-state index in [1.807, 2.05) is 24.3 Å². The summed E-state index contributed by atoms with van der Waals surface area (Å²) in [4.78, 5) is 14.1. The fraction of sp³-hybridized carbons (Fsp3) is 0.158. The smallest absolute Gasteiger partial charge is 0.278 e. The minimum atomic E-state index is -0.285. The zero-order valence-corrected chi connectivity index (χ0v) is 15.1. The number of ether oxygens (including phenoxy) is 1. The second-order valence-electron chi connectivity index (χ2n) is 5.80. The molecular weight excluding hydrogens is 354 g/mol. The van der Waals surface area contributed by atoms with E-state index in [0.29, 0.717) is 28.6 Å². The number of aromatic amines is 1. The maximum Gasteiger partial charge on any atom is 0.278 e. The molecule has 1 amide bonds. The average Bonchev–Trinajstić information content (AvgIpc) is 3.10. The number of hydrogen-bond donors (Lipinski definition) is 2. The van der Waals surface area contributed by atoms with Crippen LogP contribution in [0.2, 0.25) is 5.02 Å². The molecule has 3 rings (SSSR count). The van der Waals surface area contributed by atoms with Gasteiger partial charge in [0.2, 0.25) is 0 Å². The molecule has 6 nitrogen and oxygen atoms in total. The van der Waals surface area contributed by atoms with Crippen molar-refractivity contribution in [1.29, 1.82) is 0 Å². The number of amides is 1. The number of H-pyrrole nitrogens is 1. The van der Waals surface area contributed by atoms with Crippen LogP contribution in [0.4, 0.5) is 5.69 Å². The summed E-state index contributed by atoms with van der Waals surface area (Å²) in [5.41, 5.74) is 2.72. The number of rotatable bonds is 5. The number of benzene rings is 2. The number of methoxy groups -OCH3 is 1. The van der Waals surface area contributed by atoms with Crippen LogP contribution in [-0.2, 0) is 6.42 Å². The van der Waals surface area contributed by atoms with E-state index in [1.54, 1.807) is 19.2 Å². The molecule has 2 N–H and O–H groups in total. The molecule has 0 saturated heterocycles. The number of hydrogen-bond acceptors (Lipinski definition) is 4. The molecule has 26 heavy (non-hydrogen) atoms. The van der Waals surface area contributed by atoms with Crippen LogP contribution in [-0.4, -0.2) is 35.4 Å². The Bertz CT molecular complexity index is 922. The fourth-order valence-corrected chi connectivity index (χ4v) is 2.73. The minimum absolute atomic E-state index is 0.0662. The Kier molecular flexibility index (Phi) is 5.14. The predicted molar refractivity (Wildman–Crippen MR) is 100 cm³/mol. The normalized spacial score (nSPS) is 10.6. The third-order valence-electron chi connectivity index (χ3n) is 3.99. The van der Waals surface area contributed by atoms with Crippen molar-refractivity contribution in [3.05, 3.63) is 70.5 Å². The molecular formula is C19H18ClN3O3. The molecule has 0 saturated carbocycles. The lowest BCUT2D eigenvalue weighted by molar-refractivity contribution is 0.0987. The van der Waals surface area contributed by atoms with E-state index < -0.39 is 0 Å². The minimum Gasteiger partial charge on any atom is -0.508 e. The summed E-state index contributed by atoms with van der Waals surface area (Å²) in [5, 5.41) is 17.2. The summed E-state index contributed by atoms with van der Waals surface area (Å²) in [5.74, 6) is 0.182. The molecule has 3 aromatic rings. The first-order chi connectivity index (χ1) is 12.5. The first kappa shape index (κ1) is 17.8. The predicted octanol–water partition coefficient (Wildman–Crippen LogP) is 3.64. The number of phenolic OH excluding ortho intramolecular Hbond substituents is 1. The van der Waals surface area contributed by atoms with Crippen molar-refractivity contribution in [2.45, 2.75) is 6.42 Å². The Labute approximate surface area is 156 Å². The Morgan fingerprint density at radius 1 is 1.23 bits per heavy atom. The standard InChI is InChI=1S/C19H18ClN3O3/c1-23(17-8-7-15(24)11-18(17)26-2)19(25)16-10-14(21-22-16)9-12-3-5-13(20)6-4-12/h3-8,10-11,24H,9H2,1-2H3,(H,21,22). The molecule has 0 fully saturated rings. The number of carbonyl (C=O) groups is 1. The lowest BCUT2D eigenvalue weighted by Gasteiger charge is -2.19. The Balaban J connectivity index is 1.78.